The van der Waals surface area contributed by atoms with E-state index < -0.39 is 12.0 Å². The van der Waals surface area contributed by atoms with Crippen LogP contribution in [0.15, 0.2) is 18.2 Å². The van der Waals surface area contributed by atoms with Crippen molar-refractivity contribution in [1.82, 2.24) is 5.32 Å². The Bertz CT molecular complexity index is 525. The fourth-order valence-corrected chi connectivity index (χ4v) is 1.94. The van der Waals surface area contributed by atoms with Crippen LogP contribution in [0.3, 0.4) is 0 Å². The molecule has 108 valence electrons. The average Bonchev–Trinajstić information content (AvgIpc) is 2.42. The molecule has 1 aliphatic rings. The van der Waals surface area contributed by atoms with E-state index in [1.54, 1.807) is 6.07 Å². The Morgan fingerprint density at radius 1 is 1.25 bits per heavy atom. The quantitative estimate of drug-likeness (QED) is 0.660. The Labute approximate surface area is 119 Å². The van der Waals surface area contributed by atoms with Crippen LogP contribution < -0.4 is 19.0 Å². The van der Waals surface area contributed by atoms with Crippen molar-refractivity contribution in [3.05, 3.63) is 18.2 Å². The van der Waals surface area contributed by atoms with Gasteiger partial charge in [-0.3, -0.25) is 14.9 Å². The summed E-state index contributed by atoms with van der Waals surface area (Å²) in [7, 11) is 1.44. The highest BCUT2D eigenvalue weighted by Gasteiger charge is 2.28. The minimum atomic E-state index is -0.773. The lowest BCUT2D eigenvalue weighted by atomic mass is 10.1. The standard InChI is InChI=1S/C12H12FNO5S/c1-17-7-4-8(6-9(5-7)19-20-13)18-10-2-3-11(15)14-12(10)16/h4-6,10H,2-3H2,1H3,(H,14,15,16). The maximum absolute atomic E-state index is 12.1. The van der Waals surface area contributed by atoms with E-state index in [1.807, 2.05) is 0 Å². The molecule has 0 aliphatic carbocycles. The molecule has 20 heavy (non-hydrogen) atoms. The summed E-state index contributed by atoms with van der Waals surface area (Å²) in [5.74, 6) is 0.0747. The number of benzene rings is 1. The van der Waals surface area contributed by atoms with Gasteiger partial charge in [0.05, 0.1) is 7.11 Å². The van der Waals surface area contributed by atoms with E-state index >= 15 is 0 Å². The summed E-state index contributed by atoms with van der Waals surface area (Å²) in [4.78, 5) is 22.6. The van der Waals surface area contributed by atoms with Gasteiger partial charge in [-0.05, 0) is 0 Å². The van der Waals surface area contributed by atoms with Crippen LogP contribution in [0.1, 0.15) is 12.8 Å². The molecule has 1 atom stereocenters. The average molecular weight is 301 g/mol. The third-order valence-electron chi connectivity index (χ3n) is 2.68. The van der Waals surface area contributed by atoms with Crippen molar-refractivity contribution < 1.29 is 27.1 Å². The predicted molar refractivity (Wildman–Crippen MR) is 69.1 cm³/mol. The number of amides is 2. The fraction of sp³-hybridized carbons (Fsp3) is 0.333. The smallest absolute Gasteiger partial charge is 0.272 e. The topological polar surface area (TPSA) is 73.9 Å². The van der Waals surface area contributed by atoms with Crippen LogP contribution in [0.4, 0.5) is 3.89 Å². The second kappa shape index (κ2) is 6.47. The van der Waals surface area contributed by atoms with Crippen LogP contribution in [-0.2, 0) is 9.59 Å². The van der Waals surface area contributed by atoms with Crippen LogP contribution >= 0.6 is 12.4 Å². The molecule has 0 bridgehead atoms. The number of hydrogen-bond donors (Lipinski definition) is 1. The Balaban J connectivity index is 2.13. The summed E-state index contributed by atoms with van der Waals surface area (Å²) in [5.41, 5.74) is 0. The highest BCUT2D eigenvalue weighted by atomic mass is 32.2. The second-order valence-electron chi connectivity index (χ2n) is 4.05. The molecule has 2 amide bonds. The normalized spacial score (nSPS) is 18.4. The lowest BCUT2D eigenvalue weighted by Crippen LogP contribution is -2.46. The number of imide groups is 1. The SMILES string of the molecule is COc1cc(OSF)cc(OC2CCC(=O)NC2=O)c1. The van der Waals surface area contributed by atoms with Crippen molar-refractivity contribution in [2.45, 2.75) is 18.9 Å². The first-order valence-corrected chi connectivity index (χ1v) is 6.41. The fourth-order valence-electron chi connectivity index (χ4n) is 1.77. The first-order valence-electron chi connectivity index (χ1n) is 5.77. The minimum Gasteiger partial charge on any atom is -0.496 e. The van der Waals surface area contributed by atoms with Crippen molar-refractivity contribution >= 4 is 24.2 Å². The Morgan fingerprint density at radius 2 is 1.95 bits per heavy atom. The van der Waals surface area contributed by atoms with Crippen LogP contribution in [0.25, 0.3) is 0 Å². The van der Waals surface area contributed by atoms with E-state index in [9.17, 15) is 13.5 Å². The van der Waals surface area contributed by atoms with E-state index in [2.05, 4.69) is 9.50 Å². The Kier molecular flexibility index (Phi) is 4.67. The lowest BCUT2D eigenvalue weighted by molar-refractivity contribution is -0.138. The molecule has 1 aromatic carbocycles. The van der Waals surface area contributed by atoms with Gasteiger partial charge in [0.15, 0.2) is 6.10 Å². The van der Waals surface area contributed by atoms with Gasteiger partial charge in [-0.15, -0.1) is 3.89 Å². The number of rotatable bonds is 5. The molecular weight excluding hydrogens is 289 g/mol. The van der Waals surface area contributed by atoms with E-state index in [0.29, 0.717) is 11.5 Å². The van der Waals surface area contributed by atoms with E-state index in [0.717, 1.165) is 0 Å². The summed E-state index contributed by atoms with van der Waals surface area (Å²) in [6.07, 6.45) is -0.273. The number of carbonyl (C=O) groups excluding carboxylic acids is 2. The van der Waals surface area contributed by atoms with Gasteiger partial charge < -0.3 is 13.7 Å². The van der Waals surface area contributed by atoms with Crippen LogP contribution in [0.5, 0.6) is 17.2 Å². The maximum atomic E-state index is 12.1. The van der Waals surface area contributed by atoms with Gasteiger partial charge in [-0.25, -0.2) is 0 Å². The number of piperidine rings is 1. The van der Waals surface area contributed by atoms with Crippen LogP contribution in [0, 0.1) is 0 Å². The van der Waals surface area contributed by atoms with Gasteiger partial charge in [0.1, 0.15) is 17.2 Å². The summed E-state index contributed by atoms with van der Waals surface area (Å²) < 4.78 is 27.3. The molecule has 0 aromatic heterocycles. The molecule has 1 saturated heterocycles. The molecule has 0 spiro atoms. The van der Waals surface area contributed by atoms with Crippen molar-refractivity contribution in [3.8, 4) is 17.2 Å². The Hall–Kier alpha value is -1.96. The zero-order valence-electron chi connectivity index (χ0n) is 10.6. The van der Waals surface area contributed by atoms with E-state index in [1.165, 1.54) is 19.2 Å². The van der Waals surface area contributed by atoms with Crippen molar-refractivity contribution in [2.75, 3.05) is 7.11 Å². The molecule has 0 radical (unpaired) electrons. The maximum Gasteiger partial charge on any atom is 0.272 e. The zero-order chi connectivity index (χ0) is 14.5. The van der Waals surface area contributed by atoms with Gasteiger partial charge in [-0.2, -0.15) is 0 Å². The van der Waals surface area contributed by atoms with Crippen LogP contribution in [0.2, 0.25) is 0 Å². The number of ether oxygens (including phenoxy) is 2. The van der Waals surface area contributed by atoms with Gasteiger partial charge in [-0.1, -0.05) is 0 Å². The number of hydrogen-bond acceptors (Lipinski definition) is 6. The van der Waals surface area contributed by atoms with Gasteiger partial charge >= 0.3 is 0 Å². The molecule has 1 aliphatic heterocycles. The first kappa shape index (κ1) is 14.4. The van der Waals surface area contributed by atoms with Crippen molar-refractivity contribution in [1.29, 1.82) is 0 Å². The highest BCUT2D eigenvalue weighted by Crippen LogP contribution is 2.31. The van der Waals surface area contributed by atoms with Gasteiger partial charge in [0.25, 0.3) is 18.3 Å². The summed E-state index contributed by atoms with van der Waals surface area (Å²) in [5, 5.41) is 2.19. The number of halogens is 1. The number of nitrogens with one attached hydrogen (secondary N) is 1. The highest BCUT2D eigenvalue weighted by molar-refractivity contribution is 7.89. The zero-order valence-corrected chi connectivity index (χ0v) is 11.4. The molecule has 1 fully saturated rings. The predicted octanol–water partition coefficient (Wildman–Crippen LogP) is 1.79. The van der Waals surface area contributed by atoms with Crippen molar-refractivity contribution in [3.63, 3.8) is 0 Å². The van der Waals surface area contributed by atoms with E-state index in [4.69, 9.17) is 9.47 Å². The molecule has 1 unspecified atom stereocenters. The molecule has 6 nitrogen and oxygen atoms in total. The molecular formula is C12H12FNO5S. The monoisotopic (exact) mass is 301 g/mol. The molecule has 8 heteroatoms. The van der Waals surface area contributed by atoms with Gasteiger partial charge in [0.2, 0.25) is 5.91 Å². The third-order valence-corrected chi connectivity index (χ3v) is 2.94. The summed E-state index contributed by atoms with van der Waals surface area (Å²) >= 11 is -0.306. The molecule has 1 heterocycles. The molecule has 0 saturated carbocycles. The number of carbonyl (C=O) groups is 2. The van der Waals surface area contributed by atoms with E-state index in [-0.39, 0.29) is 36.9 Å². The Morgan fingerprint density at radius 3 is 2.60 bits per heavy atom. The van der Waals surface area contributed by atoms with Crippen LogP contribution in [-0.4, -0.2) is 25.0 Å². The second-order valence-corrected chi connectivity index (χ2v) is 4.34. The first-order chi connectivity index (χ1) is 9.62. The third kappa shape index (κ3) is 3.53. The largest absolute Gasteiger partial charge is 0.496 e. The molecule has 1 aromatic rings. The molecule has 1 N–H and O–H groups in total. The van der Waals surface area contributed by atoms with Gasteiger partial charge in [0, 0.05) is 31.0 Å². The lowest BCUT2D eigenvalue weighted by Gasteiger charge is -2.22. The number of methoxy groups -OCH3 is 1. The molecule has 2 rings (SSSR count). The summed E-state index contributed by atoms with van der Waals surface area (Å²) in [6, 6.07) is 4.45. The van der Waals surface area contributed by atoms with Crippen molar-refractivity contribution in [2.24, 2.45) is 0 Å². The minimum absolute atomic E-state index is 0.194. The summed E-state index contributed by atoms with van der Waals surface area (Å²) in [6.45, 7) is 0.